The van der Waals surface area contributed by atoms with E-state index in [4.69, 9.17) is 26.5 Å². The molecule has 6 nitrogen and oxygen atoms in total. The third-order valence-corrected chi connectivity index (χ3v) is 11.9. The van der Waals surface area contributed by atoms with Gasteiger partial charge in [0.15, 0.2) is 0 Å². The molecule has 50 heavy (non-hydrogen) atoms. The van der Waals surface area contributed by atoms with Crippen molar-refractivity contribution in [2.24, 2.45) is 0 Å². The molecule has 0 radical (unpaired) electrons. The van der Waals surface area contributed by atoms with E-state index in [1.807, 2.05) is 0 Å². The summed E-state index contributed by atoms with van der Waals surface area (Å²) in [7, 11) is -3.37. The second-order valence-electron chi connectivity index (χ2n) is 12.8. The van der Waals surface area contributed by atoms with Crippen LogP contribution in [0, 0.1) is 0 Å². The molecule has 1 saturated heterocycles. The van der Waals surface area contributed by atoms with Crippen LogP contribution in [0.5, 0.6) is 11.5 Å². The van der Waals surface area contributed by atoms with E-state index >= 15 is 0 Å². The first-order valence-electron chi connectivity index (χ1n) is 18.6. The minimum atomic E-state index is -1.89. The Hall–Kier alpha value is -3.27. The SMILES string of the molecule is CCc1cc(CC)c(OP2OCCO2)c(-c2cc(CC)cc(CC)c2Op2oc3c(CC)cc(CC)cc3c3cc(CC)cc(CC)c3o2)c1. The second kappa shape index (κ2) is 16.4. The Labute approximate surface area is 300 Å². The Bertz CT molecular complexity index is 1950. The molecule has 0 unspecified atom stereocenters. The topological polar surface area (TPSA) is 63.2 Å². The minimum absolute atomic E-state index is 0.538. The molecule has 0 N–H and O–H groups in total. The molecule has 4 aromatic carbocycles. The van der Waals surface area contributed by atoms with Crippen LogP contribution in [-0.2, 0) is 60.4 Å². The zero-order valence-electron chi connectivity index (χ0n) is 31.0. The summed E-state index contributed by atoms with van der Waals surface area (Å²) < 4.78 is 39.4. The number of rotatable bonds is 13. The zero-order chi connectivity index (χ0) is 35.4. The van der Waals surface area contributed by atoms with Crippen molar-refractivity contribution in [2.75, 3.05) is 13.2 Å². The van der Waals surface area contributed by atoms with Gasteiger partial charge in [0.2, 0.25) is 0 Å². The maximum absolute atomic E-state index is 7.15. The van der Waals surface area contributed by atoms with Crippen molar-refractivity contribution >= 4 is 38.8 Å². The molecule has 0 saturated carbocycles. The standard InChI is InChI=1S/C42H52O6P2/c1-9-27-19-31(13-5)39(45-49-43-17-18-44-49)35(23-27)36-24-28(10-2)20-32(14-6)40(36)46-50-47-41-33(15-7)21-29(11-3)25-37(41)38-26-30(12-4)22-34(16-8)42(38)48-50/h19-26H,9-18H2,1-8H3. The molecule has 0 atom stereocenters. The molecule has 8 heteroatoms. The van der Waals surface area contributed by atoms with Crippen LogP contribution in [0.25, 0.3) is 33.1 Å². The van der Waals surface area contributed by atoms with Gasteiger partial charge in [-0.05, 0) is 120 Å². The van der Waals surface area contributed by atoms with Gasteiger partial charge in [-0.1, -0.05) is 79.7 Å². The van der Waals surface area contributed by atoms with Crippen LogP contribution in [0.4, 0.5) is 0 Å². The highest BCUT2D eigenvalue weighted by atomic mass is 31.2. The van der Waals surface area contributed by atoms with Crippen LogP contribution < -0.4 is 9.05 Å². The fourth-order valence-corrected chi connectivity index (χ4v) is 8.98. The highest BCUT2D eigenvalue weighted by Gasteiger charge is 2.27. The van der Waals surface area contributed by atoms with Crippen LogP contribution in [0.2, 0.25) is 0 Å². The summed E-state index contributed by atoms with van der Waals surface area (Å²) in [6.07, 6.45) is 6.98. The van der Waals surface area contributed by atoms with E-state index in [1.54, 1.807) is 0 Å². The van der Waals surface area contributed by atoms with E-state index in [-0.39, 0.29) is 0 Å². The smallest absolute Gasteiger partial charge is 0.426 e. The monoisotopic (exact) mass is 714 g/mol. The van der Waals surface area contributed by atoms with Crippen LogP contribution in [0.1, 0.15) is 99.9 Å². The molecule has 1 aliphatic heterocycles. The van der Waals surface area contributed by atoms with Gasteiger partial charge in [0, 0.05) is 21.9 Å². The average Bonchev–Trinajstić information content (AvgIpc) is 3.62. The molecule has 1 aliphatic rings. The molecular weight excluding hydrogens is 662 g/mol. The van der Waals surface area contributed by atoms with Crippen molar-refractivity contribution in [1.29, 1.82) is 0 Å². The summed E-state index contributed by atoms with van der Waals surface area (Å²) in [6, 6.07) is 18.1. The van der Waals surface area contributed by atoms with Crippen molar-refractivity contribution < 1.29 is 26.5 Å². The van der Waals surface area contributed by atoms with Crippen molar-refractivity contribution in [3.05, 3.63) is 93.0 Å². The third-order valence-electron chi connectivity index (χ3n) is 9.78. The molecule has 5 aromatic rings. The van der Waals surface area contributed by atoms with Crippen molar-refractivity contribution in [2.45, 2.75) is 107 Å². The Kier molecular flexibility index (Phi) is 12.0. The van der Waals surface area contributed by atoms with Gasteiger partial charge in [0.05, 0.1) is 13.2 Å². The van der Waals surface area contributed by atoms with E-state index in [1.165, 1.54) is 33.4 Å². The van der Waals surface area contributed by atoms with E-state index in [9.17, 15) is 0 Å². The predicted molar refractivity (Wildman–Crippen MR) is 209 cm³/mol. The van der Waals surface area contributed by atoms with Crippen LogP contribution in [-0.4, -0.2) is 13.2 Å². The number of benzene rings is 4. The number of fused-ring (bicyclic) bond motifs is 3. The van der Waals surface area contributed by atoms with Gasteiger partial charge in [-0.3, -0.25) is 0 Å². The maximum Gasteiger partial charge on any atom is 0.453 e. The van der Waals surface area contributed by atoms with Crippen LogP contribution in [0.3, 0.4) is 0 Å². The Morgan fingerprint density at radius 2 is 0.840 bits per heavy atom. The van der Waals surface area contributed by atoms with E-state index in [0.717, 1.165) is 107 Å². The minimum Gasteiger partial charge on any atom is -0.426 e. The molecule has 2 heterocycles. The summed E-state index contributed by atoms with van der Waals surface area (Å²) in [5.74, 6) is 1.57. The summed E-state index contributed by atoms with van der Waals surface area (Å²) in [4.78, 5) is 0. The molecular formula is C42H52O6P2. The van der Waals surface area contributed by atoms with Crippen LogP contribution >= 0.6 is 16.8 Å². The maximum atomic E-state index is 7.15. The molecule has 0 bridgehead atoms. The first-order chi connectivity index (χ1) is 24.4. The van der Waals surface area contributed by atoms with Gasteiger partial charge >= 0.3 is 16.8 Å². The zero-order valence-corrected chi connectivity index (χ0v) is 32.8. The lowest BCUT2D eigenvalue weighted by atomic mass is 9.92. The van der Waals surface area contributed by atoms with Crippen molar-refractivity contribution in [3.63, 3.8) is 0 Å². The van der Waals surface area contributed by atoms with Crippen molar-refractivity contribution in [1.82, 2.24) is 0 Å². The normalized spacial score (nSPS) is 13.4. The fourth-order valence-electron chi connectivity index (χ4n) is 6.79. The molecule has 1 aromatic heterocycles. The van der Waals surface area contributed by atoms with Gasteiger partial charge in [-0.2, -0.15) is 0 Å². The van der Waals surface area contributed by atoms with Gasteiger partial charge in [-0.25, -0.2) is 0 Å². The Morgan fingerprint density at radius 3 is 1.24 bits per heavy atom. The molecule has 0 spiro atoms. The predicted octanol–water partition coefficient (Wildman–Crippen LogP) is 13.0. The van der Waals surface area contributed by atoms with Gasteiger partial charge < -0.3 is 26.5 Å². The molecule has 0 amide bonds. The molecule has 0 aliphatic carbocycles. The summed E-state index contributed by atoms with van der Waals surface area (Å²) in [6.45, 7) is 18.6. The summed E-state index contributed by atoms with van der Waals surface area (Å²) in [5.41, 5.74) is 13.3. The lowest BCUT2D eigenvalue weighted by molar-refractivity contribution is 0.353. The van der Waals surface area contributed by atoms with Crippen molar-refractivity contribution in [3.8, 4) is 22.6 Å². The quantitative estimate of drug-likeness (QED) is 0.113. The average molecular weight is 715 g/mol. The van der Waals surface area contributed by atoms with Gasteiger partial charge in [-0.15, -0.1) is 0 Å². The summed E-state index contributed by atoms with van der Waals surface area (Å²) >= 11 is 0. The first-order valence-corrected chi connectivity index (χ1v) is 20.8. The second-order valence-corrected chi connectivity index (χ2v) is 15.0. The lowest BCUT2D eigenvalue weighted by Gasteiger charge is -2.21. The van der Waals surface area contributed by atoms with Gasteiger partial charge in [0.1, 0.15) is 22.7 Å². The molecule has 6 rings (SSSR count). The van der Waals surface area contributed by atoms with Gasteiger partial charge in [0.25, 0.3) is 0 Å². The third kappa shape index (κ3) is 7.37. The fraction of sp³-hybridized carbons (Fsp3) is 0.429. The van der Waals surface area contributed by atoms with E-state index in [0.29, 0.717) is 13.2 Å². The highest BCUT2D eigenvalue weighted by Crippen LogP contribution is 2.52. The number of hydrogen-bond donors (Lipinski definition) is 0. The van der Waals surface area contributed by atoms with E-state index in [2.05, 4.69) is 104 Å². The number of aryl methyl sites for hydroxylation is 8. The molecule has 266 valence electrons. The van der Waals surface area contributed by atoms with E-state index < -0.39 is 16.8 Å². The Morgan fingerprint density at radius 1 is 0.460 bits per heavy atom. The Balaban J connectivity index is 1.67. The highest BCUT2D eigenvalue weighted by molar-refractivity contribution is 7.42. The number of hydrogen-bond acceptors (Lipinski definition) is 6. The van der Waals surface area contributed by atoms with Crippen LogP contribution in [0.15, 0.2) is 56.9 Å². The lowest BCUT2D eigenvalue weighted by Crippen LogP contribution is -2.01. The largest absolute Gasteiger partial charge is 0.453 e. The summed E-state index contributed by atoms with van der Waals surface area (Å²) in [5, 5.41) is 2.18. The molecule has 1 fully saturated rings. The first kappa shape index (κ1) is 36.5.